The van der Waals surface area contributed by atoms with Gasteiger partial charge in [0.1, 0.15) is 18.4 Å². The average molecular weight is 319 g/mol. The minimum atomic E-state index is -0.818. The summed E-state index contributed by atoms with van der Waals surface area (Å²) < 4.78 is 5.58. The minimum Gasteiger partial charge on any atom is -0.491 e. The van der Waals surface area contributed by atoms with Crippen LogP contribution in [-0.2, 0) is 4.79 Å². The lowest BCUT2D eigenvalue weighted by molar-refractivity contribution is -0.144. The third-order valence-corrected chi connectivity index (χ3v) is 3.70. The maximum atomic E-state index is 11.1. The first-order valence-electron chi connectivity index (χ1n) is 6.33. The molecule has 1 aliphatic rings. The molecule has 0 amide bonds. The predicted octanol–water partition coefficient (Wildman–Crippen LogP) is 1.73. The number of carboxylic acid groups (broad SMARTS) is 1. The molecule has 7 heteroatoms. The van der Waals surface area contributed by atoms with Gasteiger partial charge in [0.05, 0.1) is 5.02 Å². The molecule has 20 heavy (non-hydrogen) atoms. The number of carboxylic acids is 1. The van der Waals surface area contributed by atoms with Crippen molar-refractivity contribution in [2.45, 2.75) is 6.04 Å². The SMILES string of the molecule is O=C(O)C1CNCCN1CCOc1ccc(Cl)cc1Cl. The molecule has 1 heterocycles. The van der Waals surface area contributed by atoms with Crippen LogP contribution in [0.3, 0.4) is 0 Å². The van der Waals surface area contributed by atoms with Crippen LogP contribution in [0.4, 0.5) is 0 Å². The monoisotopic (exact) mass is 318 g/mol. The highest BCUT2D eigenvalue weighted by atomic mass is 35.5. The van der Waals surface area contributed by atoms with Gasteiger partial charge >= 0.3 is 5.97 Å². The van der Waals surface area contributed by atoms with Crippen LogP contribution in [0.15, 0.2) is 18.2 Å². The minimum absolute atomic E-state index is 0.380. The Labute approximate surface area is 127 Å². The number of nitrogens with one attached hydrogen (secondary N) is 1. The van der Waals surface area contributed by atoms with Gasteiger partial charge in [-0.3, -0.25) is 9.69 Å². The number of rotatable bonds is 5. The lowest BCUT2D eigenvalue weighted by Crippen LogP contribution is -2.55. The van der Waals surface area contributed by atoms with Crippen LogP contribution in [0.5, 0.6) is 5.75 Å². The Bertz CT molecular complexity index is 485. The quantitative estimate of drug-likeness (QED) is 0.865. The summed E-state index contributed by atoms with van der Waals surface area (Å²) in [6.45, 7) is 2.85. The molecular formula is C13H16Cl2N2O3. The molecule has 110 valence electrons. The third-order valence-electron chi connectivity index (χ3n) is 3.17. The van der Waals surface area contributed by atoms with E-state index < -0.39 is 12.0 Å². The summed E-state index contributed by atoms with van der Waals surface area (Å²) in [4.78, 5) is 13.0. The van der Waals surface area contributed by atoms with E-state index in [0.717, 1.165) is 6.54 Å². The molecule has 1 aromatic carbocycles. The van der Waals surface area contributed by atoms with Crippen molar-refractivity contribution in [1.82, 2.24) is 10.2 Å². The number of hydrogen-bond acceptors (Lipinski definition) is 4. The zero-order valence-corrected chi connectivity index (χ0v) is 12.3. The molecule has 1 atom stereocenters. The van der Waals surface area contributed by atoms with Gasteiger partial charge in [-0.15, -0.1) is 0 Å². The van der Waals surface area contributed by atoms with Crippen molar-refractivity contribution < 1.29 is 14.6 Å². The number of hydrogen-bond donors (Lipinski definition) is 2. The summed E-state index contributed by atoms with van der Waals surface area (Å²) in [6, 6.07) is 4.52. The van der Waals surface area contributed by atoms with E-state index in [9.17, 15) is 4.79 Å². The Morgan fingerprint density at radius 3 is 3.00 bits per heavy atom. The van der Waals surface area contributed by atoms with Gasteiger partial charge in [0.25, 0.3) is 0 Å². The van der Waals surface area contributed by atoms with E-state index in [1.807, 2.05) is 4.90 Å². The average Bonchev–Trinajstić information content (AvgIpc) is 2.41. The molecule has 5 nitrogen and oxygen atoms in total. The fourth-order valence-electron chi connectivity index (χ4n) is 2.12. The fraction of sp³-hybridized carbons (Fsp3) is 0.462. The van der Waals surface area contributed by atoms with Gasteiger partial charge < -0.3 is 15.2 Å². The van der Waals surface area contributed by atoms with Gasteiger partial charge in [0, 0.05) is 31.2 Å². The van der Waals surface area contributed by atoms with E-state index in [2.05, 4.69) is 5.32 Å². The molecule has 1 aromatic rings. The number of nitrogens with zero attached hydrogens (tertiary/aromatic N) is 1. The number of aliphatic carboxylic acids is 1. The summed E-state index contributed by atoms with van der Waals surface area (Å²) >= 11 is 11.8. The highest BCUT2D eigenvalue weighted by Crippen LogP contribution is 2.27. The van der Waals surface area contributed by atoms with Crippen molar-refractivity contribution in [3.8, 4) is 5.75 Å². The van der Waals surface area contributed by atoms with Gasteiger partial charge in [-0.2, -0.15) is 0 Å². The molecule has 1 unspecified atom stereocenters. The van der Waals surface area contributed by atoms with Crippen molar-refractivity contribution in [3.05, 3.63) is 28.2 Å². The zero-order chi connectivity index (χ0) is 14.5. The van der Waals surface area contributed by atoms with Crippen LogP contribution in [0.25, 0.3) is 0 Å². The van der Waals surface area contributed by atoms with Crippen molar-refractivity contribution in [2.24, 2.45) is 0 Å². The number of piperazine rings is 1. The summed E-state index contributed by atoms with van der Waals surface area (Å²) in [5.41, 5.74) is 0. The predicted molar refractivity (Wildman–Crippen MR) is 77.8 cm³/mol. The molecule has 0 aliphatic carbocycles. The number of ether oxygens (including phenoxy) is 1. The molecule has 0 aromatic heterocycles. The molecule has 0 spiro atoms. The first kappa shape index (κ1) is 15.4. The molecule has 1 fully saturated rings. The Kier molecular flexibility index (Phi) is 5.48. The standard InChI is InChI=1S/C13H16Cl2N2O3/c14-9-1-2-12(10(15)7-9)20-6-5-17-4-3-16-8-11(17)13(18)19/h1-2,7,11,16H,3-6,8H2,(H,18,19). The van der Waals surface area contributed by atoms with Crippen LogP contribution < -0.4 is 10.1 Å². The third kappa shape index (κ3) is 3.99. The second-order valence-corrected chi connectivity index (χ2v) is 5.36. The second-order valence-electron chi connectivity index (χ2n) is 4.52. The zero-order valence-electron chi connectivity index (χ0n) is 10.8. The van der Waals surface area contributed by atoms with Crippen molar-refractivity contribution in [2.75, 3.05) is 32.8 Å². The van der Waals surface area contributed by atoms with E-state index in [4.69, 9.17) is 33.0 Å². The van der Waals surface area contributed by atoms with Crippen molar-refractivity contribution >= 4 is 29.2 Å². The molecule has 1 saturated heterocycles. The topological polar surface area (TPSA) is 61.8 Å². The van der Waals surface area contributed by atoms with Gasteiger partial charge in [-0.05, 0) is 18.2 Å². The number of carbonyl (C=O) groups is 1. The molecule has 0 radical (unpaired) electrons. The normalized spacial score (nSPS) is 19.8. The lowest BCUT2D eigenvalue weighted by atomic mass is 10.2. The summed E-state index contributed by atoms with van der Waals surface area (Å²) in [6.07, 6.45) is 0. The van der Waals surface area contributed by atoms with Crippen molar-refractivity contribution in [3.63, 3.8) is 0 Å². The highest BCUT2D eigenvalue weighted by molar-refractivity contribution is 6.35. The lowest BCUT2D eigenvalue weighted by Gasteiger charge is -2.33. The highest BCUT2D eigenvalue weighted by Gasteiger charge is 2.27. The largest absolute Gasteiger partial charge is 0.491 e. The molecule has 1 aliphatic heterocycles. The molecule has 0 saturated carbocycles. The van der Waals surface area contributed by atoms with Crippen LogP contribution >= 0.6 is 23.2 Å². The first-order chi connectivity index (χ1) is 9.58. The van der Waals surface area contributed by atoms with E-state index >= 15 is 0 Å². The molecule has 2 rings (SSSR count). The maximum absolute atomic E-state index is 11.1. The smallest absolute Gasteiger partial charge is 0.322 e. The van der Waals surface area contributed by atoms with E-state index in [1.54, 1.807) is 18.2 Å². The Hall–Kier alpha value is -1.01. The van der Waals surface area contributed by atoms with E-state index in [0.29, 0.717) is 42.0 Å². The Morgan fingerprint density at radius 1 is 1.50 bits per heavy atom. The van der Waals surface area contributed by atoms with Crippen LogP contribution in [0.2, 0.25) is 10.0 Å². The summed E-state index contributed by atoms with van der Waals surface area (Å²) in [7, 11) is 0. The summed E-state index contributed by atoms with van der Waals surface area (Å²) in [5.74, 6) is -0.264. The van der Waals surface area contributed by atoms with Gasteiger partial charge in [-0.25, -0.2) is 0 Å². The van der Waals surface area contributed by atoms with Crippen LogP contribution in [0.1, 0.15) is 0 Å². The number of halogens is 2. The maximum Gasteiger partial charge on any atom is 0.322 e. The van der Waals surface area contributed by atoms with Crippen LogP contribution in [-0.4, -0.2) is 54.8 Å². The van der Waals surface area contributed by atoms with Gasteiger partial charge in [-0.1, -0.05) is 23.2 Å². The van der Waals surface area contributed by atoms with E-state index in [-0.39, 0.29) is 0 Å². The molecular weight excluding hydrogens is 303 g/mol. The van der Waals surface area contributed by atoms with Gasteiger partial charge in [0.15, 0.2) is 0 Å². The fourth-order valence-corrected chi connectivity index (χ4v) is 2.59. The van der Waals surface area contributed by atoms with Crippen LogP contribution in [0, 0.1) is 0 Å². The van der Waals surface area contributed by atoms with Crippen molar-refractivity contribution in [1.29, 1.82) is 0 Å². The van der Waals surface area contributed by atoms with Gasteiger partial charge in [0.2, 0.25) is 0 Å². The Morgan fingerprint density at radius 2 is 2.30 bits per heavy atom. The molecule has 2 N–H and O–H groups in total. The first-order valence-corrected chi connectivity index (χ1v) is 7.09. The Balaban J connectivity index is 1.86. The summed E-state index contributed by atoms with van der Waals surface area (Å²) in [5, 5.41) is 13.2. The van der Waals surface area contributed by atoms with E-state index in [1.165, 1.54) is 0 Å². The number of benzene rings is 1. The second kappa shape index (κ2) is 7.13. The molecule has 0 bridgehead atoms.